The minimum atomic E-state index is -1.87. The van der Waals surface area contributed by atoms with Gasteiger partial charge in [0.15, 0.2) is 0 Å². The van der Waals surface area contributed by atoms with Crippen LogP contribution in [-0.4, -0.2) is 4.98 Å². The molecule has 1 heterocycles. The lowest BCUT2D eigenvalue weighted by Crippen LogP contribution is -2.32. The first-order valence-corrected chi connectivity index (χ1v) is 11.7. The van der Waals surface area contributed by atoms with Gasteiger partial charge in [-0.25, -0.2) is 0 Å². The number of pyridine rings is 1. The molecule has 0 spiro atoms. The van der Waals surface area contributed by atoms with Crippen LogP contribution in [0.4, 0.5) is 0 Å². The summed E-state index contributed by atoms with van der Waals surface area (Å²) in [5.74, 6) is 0. The van der Waals surface area contributed by atoms with Gasteiger partial charge in [0.05, 0.1) is 5.69 Å². The zero-order chi connectivity index (χ0) is 18.5. The Morgan fingerprint density at radius 2 is 1.04 bits per heavy atom. The molecule has 3 heteroatoms. The van der Waals surface area contributed by atoms with Gasteiger partial charge in [0.1, 0.15) is 29.3 Å². The lowest BCUT2D eigenvalue weighted by molar-refractivity contribution is 1.16. The van der Waals surface area contributed by atoms with Crippen LogP contribution in [0.25, 0.3) is 0 Å². The predicted molar refractivity (Wildman–Crippen MR) is 121 cm³/mol. The number of hydrogen-bond donors (Lipinski definition) is 0. The highest BCUT2D eigenvalue weighted by Crippen LogP contribution is 2.57. The summed E-state index contributed by atoms with van der Waals surface area (Å²) in [4.78, 5) is 4.72. The van der Waals surface area contributed by atoms with E-state index in [1.807, 2.05) is 6.20 Å². The second-order valence-electron chi connectivity index (χ2n) is 6.44. The summed E-state index contributed by atoms with van der Waals surface area (Å²) in [6.45, 7) is 0. The van der Waals surface area contributed by atoms with Crippen molar-refractivity contribution in [2.75, 3.05) is 0 Å². The van der Waals surface area contributed by atoms with E-state index in [2.05, 4.69) is 119 Å². The number of aromatic nitrogens is 1. The molecule has 0 amide bonds. The Hall–Kier alpha value is -2.28. The van der Waals surface area contributed by atoms with Crippen molar-refractivity contribution < 1.29 is 0 Å². The molecule has 4 aromatic rings. The van der Waals surface area contributed by atoms with Crippen molar-refractivity contribution in [3.63, 3.8) is 0 Å². The van der Waals surface area contributed by atoms with E-state index in [-0.39, 0.29) is 0 Å². The molecule has 0 saturated heterocycles. The van der Waals surface area contributed by atoms with Crippen LogP contribution in [-0.2, 0) is 6.16 Å². The van der Waals surface area contributed by atoms with Gasteiger partial charge in [0.2, 0.25) is 0 Å². The summed E-state index contributed by atoms with van der Waals surface area (Å²) in [7, 11) is -1.87. The molecule has 3 aromatic carbocycles. The average molecular weight is 433 g/mol. The Morgan fingerprint density at radius 3 is 1.41 bits per heavy atom. The van der Waals surface area contributed by atoms with Gasteiger partial charge in [-0.15, -0.1) is 0 Å². The van der Waals surface area contributed by atoms with Crippen molar-refractivity contribution in [1.29, 1.82) is 0 Å². The quantitative estimate of drug-likeness (QED) is 0.388. The van der Waals surface area contributed by atoms with Crippen LogP contribution >= 0.6 is 23.2 Å². The summed E-state index contributed by atoms with van der Waals surface area (Å²) in [6.07, 6.45) is 2.79. The highest BCUT2D eigenvalue weighted by atomic mass is 79.9. The van der Waals surface area contributed by atoms with Gasteiger partial charge in [-0.05, 0) is 64.5 Å². The van der Waals surface area contributed by atoms with Gasteiger partial charge in [-0.1, -0.05) is 54.6 Å². The highest BCUT2D eigenvalue weighted by molar-refractivity contribution is 9.10. The summed E-state index contributed by atoms with van der Waals surface area (Å²) >= 11 is 3.51. The minimum Gasteiger partial charge on any atom is -0.256 e. The van der Waals surface area contributed by atoms with Crippen LogP contribution in [0, 0.1) is 0 Å². The summed E-state index contributed by atoms with van der Waals surface area (Å²) in [5, 5.41) is 4.14. The largest absolute Gasteiger partial charge is 0.256 e. The van der Waals surface area contributed by atoms with E-state index < -0.39 is 7.26 Å². The fourth-order valence-corrected chi connectivity index (χ4v) is 7.90. The Bertz CT molecular complexity index is 890. The second kappa shape index (κ2) is 8.17. The molecule has 1 aromatic heterocycles. The molecule has 1 nitrogen and oxygen atoms in total. The molecule has 4 rings (SSSR count). The number of nitrogens with zero attached hydrogens (tertiary/aromatic N) is 1. The predicted octanol–water partition coefficient (Wildman–Crippen LogP) is 5.34. The average Bonchev–Trinajstić information content (AvgIpc) is 2.75. The topological polar surface area (TPSA) is 12.9 Å². The number of hydrogen-bond acceptors (Lipinski definition) is 1. The molecule has 132 valence electrons. The third-order valence-corrected chi connectivity index (χ3v) is 9.59. The fourth-order valence-electron chi connectivity index (χ4n) is 3.51. The lowest BCUT2D eigenvalue weighted by Gasteiger charge is -2.27. The maximum absolute atomic E-state index is 4.72. The standard InChI is InChI=1S/C24H20BrNP/c25-20-16-17-21(26-18-20)19-27(22-10-4-1-5-11-22,23-12-6-2-7-13-23)24-14-8-3-9-15-24/h1-18H,19H2/q+1. The summed E-state index contributed by atoms with van der Waals surface area (Å²) in [5.41, 5.74) is 1.11. The second-order valence-corrected chi connectivity index (χ2v) is 10.8. The molecule has 0 fully saturated rings. The van der Waals surface area contributed by atoms with Crippen molar-refractivity contribution in [3.05, 3.63) is 119 Å². The van der Waals surface area contributed by atoms with Crippen molar-refractivity contribution in [1.82, 2.24) is 4.98 Å². The van der Waals surface area contributed by atoms with Gasteiger partial charge >= 0.3 is 0 Å². The van der Waals surface area contributed by atoms with E-state index in [1.165, 1.54) is 15.9 Å². The Labute approximate surface area is 169 Å². The van der Waals surface area contributed by atoms with Gasteiger partial charge in [-0.2, -0.15) is 0 Å². The van der Waals surface area contributed by atoms with Crippen molar-refractivity contribution in [2.24, 2.45) is 0 Å². The molecular formula is C24H20BrNP+. The van der Waals surface area contributed by atoms with Gasteiger partial charge in [0, 0.05) is 10.7 Å². The van der Waals surface area contributed by atoms with E-state index in [0.717, 1.165) is 16.3 Å². The fraction of sp³-hybridized carbons (Fsp3) is 0.0417. The first-order valence-electron chi connectivity index (χ1n) is 8.94. The Balaban J connectivity index is 1.98. The Kier molecular flexibility index (Phi) is 5.48. The van der Waals surface area contributed by atoms with E-state index in [4.69, 9.17) is 4.98 Å². The van der Waals surface area contributed by atoms with Gasteiger partial charge in [0.25, 0.3) is 0 Å². The summed E-state index contributed by atoms with van der Waals surface area (Å²) < 4.78 is 1.01. The first-order chi connectivity index (χ1) is 13.3. The molecule has 0 aliphatic heterocycles. The maximum Gasteiger partial charge on any atom is 0.118 e. The van der Waals surface area contributed by atoms with E-state index >= 15 is 0 Å². The van der Waals surface area contributed by atoms with Crippen molar-refractivity contribution in [3.8, 4) is 0 Å². The molecule has 0 bridgehead atoms. The maximum atomic E-state index is 4.72. The van der Waals surface area contributed by atoms with Crippen molar-refractivity contribution >= 4 is 39.1 Å². The smallest absolute Gasteiger partial charge is 0.118 e. The monoisotopic (exact) mass is 432 g/mol. The molecule has 0 aliphatic carbocycles. The summed E-state index contributed by atoms with van der Waals surface area (Å²) in [6, 6.07) is 37.0. The van der Waals surface area contributed by atoms with Crippen molar-refractivity contribution in [2.45, 2.75) is 6.16 Å². The number of halogens is 1. The molecule has 0 saturated carbocycles. The number of rotatable bonds is 5. The normalized spacial score (nSPS) is 11.3. The van der Waals surface area contributed by atoms with Crippen LogP contribution < -0.4 is 15.9 Å². The molecular weight excluding hydrogens is 413 g/mol. The van der Waals surface area contributed by atoms with Gasteiger partial charge in [-0.3, -0.25) is 4.98 Å². The third-order valence-electron chi connectivity index (χ3n) is 4.78. The van der Waals surface area contributed by atoms with Crippen LogP contribution in [0.15, 0.2) is 114 Å². The van der Waals surface area contributed by atoms with E-state index in [1.54, 1.807) is 0 Å². The molecule has 27 heavy (non-hydrogen) atoms. The van der Waals surface area contributed by atoms with Crippen LogP contribution in [0.1, 0.15) is 5.69 Å². The van der Waals surface area contributed by atoms with E-state index in [9.17, 15) is 0 Å². The molecule has 0 radical (unpaired) electrons. The molecule has 0 aliphatic rings. The number of benzene rings is 3. The van der Waals surface area contributed by atoms with Crippen LogP contribution in [0.5, 0.6) is 0 Å². The third kappa shape index (κ3) is 3.74. The lowest BCUT2D eigenvalue weighted by atomic mass is 10.3. The Morgan fingerprint density at radius 1 is 0.593 bits per heavy atom. The highest BCUT2D eigenvalue weighted by Gasteiger charge is 2.45. The van der Waals surface area contributed by atoms with Gasteiger partial charge < -0.3 is 0 Å². The molecule has 0 unspecified atom stereocenters. The zero-order valence-corrected chi connectivity index (χ0v) is 17.4. The molecule has 0 N–H and O–H groups in total. The molecule has 0 atom stereocenters. The minimum absolute atomic E-state index is 0.901. The first kappa shape index (κ1) is 18.1. The van der Waals surface area contributed by atoms with Crippen LogP contribution in [0.3, 0.4) is 0 Å². The van der Waals surface area contributed by atoms with E-state index in [0.29, 0.717) is 0 Å². The SMILES string of the molecule is Brc1ccc(C[P+](c2ccccc2)(c2ccccc2)c2ccccc2)nc1. The zero-order valence-electron chi connectivity index (χ0n) is 14.9. The van der Waals surface area contributed by atoms with Crippen LogP contribution in [0.2, 0.25) is 0 Å².